The Morgan fingerprint density at radius 3 is 2.75 bits per heavy atom. The number of hydrogen-bond acceptors (Lipinski definition) is 2. The van der Waals surface area contributed by atoms with Crippen LogP contribution in [0.5, 0.6) is 0 Å². The lowest BCUT2D eigenvalue weighted by Gasteiger charge is -2.16. The van der Waals surface area contributed by atoms with Gasteiger partial charge in [0.05, 0.1) is 0 Å². The highest BCUT2D eigenvalue weighted by molar-refractivity contribution is 5.76. The molecule has 2 rings (SSSR count). The molecule has 0 heterocycles. The molecule has 0 saturated heterocycles. The number of benzene rings is 1. The molecule has 4 N–H and O–H groups in total. The van der Waals surface area contributed by atoms with Crippen molar-refractivity contribution < 1.29 is 0 Å². The number of rotatable bonds is 0. The van der Waals surface area contributed by atoms with Crippen molar-refractivity contribution in [3.05, 3.63) is 35.4 Å². The van der Waals surface area contributed by atoms with Crippen molar-refractivity contribution in [2.75, 3.05) is 5.73 Å². The Bertz CT molecular complexity index is 340. The minimum Gasteiger partial charge on any atom is -0.398 e. The summed E-state index contributed by atoms with van der Waals surface area (Å²) < 4.78 is 0. The summed E-state index contributed by atoms with van der Waals surface area (Å²) >= 11 is 0. The van der Waals surface area contributed by atoms with Gasteiger partial charge in [-0.05, 0) is 24.5 Å². The molecule has 1 aromatic carbocycles. The first-order chi connectivity index (χ1) is 5.79. The highest BCUT2D eigenvalue weighted by Gasteiger charge is 2.11. The average Bonchev–Trinajstić information content (AvgIpc) is 2.04. The predicted octanol–water partition coefficient (Wildman–Crippen LogP) is 1.51. The molecular formula is C10H12N2. The number of nitrogen functional groups attached to an aromatic ring is 1. The van der Waals surface area contributed by atoms with Gasteiger partial charge in [0.1, 0.15) is 0 Å². The SMILES string of the molecule is NC1=CCCc2cccc(N)c21. The summed E-state index contributed by atoms with van der Waals surface area (Å²) in [5.41, 5.74) is 15.6. The van der Waals surface area contributed by atoms with Crippen LogP contribution < -0.4 is 11.5 Å². The van der Waals surface area contributed by atoms with Gasteiger partial charge in [0.15, 0.2) is 0 Å². The van der Waals surface area contributed by atoms with E-state index in [1.54, 1.807) is 0 Å². The van der Waals surface area contributed by atoms with Gasteiger partial charge < -0.3 is 11.5 Å². The van der Waals surface area contributed by atoms with Gasteiger partial charge in [0.2, 0.25) is 0 Å². The Kier molecular flexibility index (Phi) is 1.54. The molecule has 0 fully saturated rings. The molecular weight excluding hydrogens is 148 g/mol. The molecule has 0 spiro atoms. The van der Waals surface area contributed by atoms with Gasteiger partial charge in [-0.1, -0.05) is 18.2 Å². The van der Waals surface area contributed by atoms with Gasteiger partial charge in [0, 0.05) is 16.9 Å². The van der Waals surface area contributed by atoms with E-state index in [1.807, 2.05) is 18.2 Å². The molecule has 62 valence electrons. The summed E-state index contributed by atoms with van der Waals surface area (Å²) in [6.07, 6.45) is 4.13. The largest absolute Gasteiger partial charge is 0.398 e. The Labute approximate surface area is 71.9 Å². The zero-order chi connectivity index (χ0) is 8.55. The fourth-order valence-electron chi connectivity index (χ4n) is 1.67. The van der Waals surface area contributed by atoms with Gasteiger partial charge in [-0.25, -0.2) is 0 Å². The molecule has 1 aromatic rings. The lowest BCUT2D eigenvalue weighted by Crippen LogP contribution is -2.08. The van der Waals surface area contributed by atoms with Crippen LogP contribution in [0.25, 0.3) is 5.70 Å². The van der Waals surface area contributed by atoms with Crippen LogP contribution in [0, 0.1) is 0 Å². The molecule has 1 aliphatic carbocycles. The number of hydrogen-bond donors (Lipinski definition) is 2. The third kappa shape index (κ3) is 0.961. The molecule has 0 radical (unpaired) electrons. The third-order valence-corrected chi connectivity index (χ3v) is 2.25. The summed E-state index contributed by atoms with van der Waals surface area (Å²) in [6, 6.07) is 5.96. The first-order valence-electron chi connectivity index (χ1n) is 4.12. The molecule has 1 aliphatic rings. The molecule has 0 unspecified atom stereocenters. The van der Waals surface area contributed by atoms with Crippen molar-refractivity contribution in [3.63, 3.8) is 0 Å². The number of aryl methyl sites for hydroxylation is 1. The van der Waals surface area contributed by atoms with Crippen molar-refractivity contribution in [1.29, 1.82) is 0 Å². The van der Waals surface area contributed by atoms with E-state index in [9.17, 15) is 0 Å². The lowest BCUT2D eigenvalue weighted by molar-refractivity contribution is 0.974. The summed E-state index contributed by atoms with van der Waals surface area (Å²) in [5, 5.41) is 0. The van der Waals surface area contributed by atoms with Crippen LogP contribution in [-0.2, 0) is 6.42 Å². The van der Waals surface area contributed by atoms with E-state index < -0.39 is 0 Å². The maximum atomic E-state index is 5.83. The van der Waals surface area contributed by atoms with E-state index in [-0.39, 0.29) is 0 Å². The maximum Gasteiger partial charge on any atom is 0.0411 e. The Balaban J connectivity index is 2.64. The average molecular weight is 160 g/mol. The minimum atomic E-state index is 0.793. The zero-order valence-electron chi connectivity index (χ0n) is 6.88. The topological polar surface area (TPSA) is 52.0 Å². The maximum absolute atomic E-state index is 5.83. The standard InChI is InChI=1S/C10H12N2/c11-8-5-1-3-7-4-2-6-9(12)10(7)8/h1,3,5-6H,2,4,11-12H2. The van der Waals surface area contributed by atoms with Crippen molar-refractivity contribution in [2.24, 2.45) is 5.73 Å². The van der Waals surface area contributed by atoms with Crippen molar-refractivity contribution in [2.45, 2.75) is 12.8 Å². The summed E-state index contributed by atoms with van der Waals surface area (Å²) in [7, 11) is 0. The normalized spacial score (nSPS) is 15.2. The predicted molar refractivity (Wildman–Crippen MR) is 51.3 cm³/mol. The lowest BCUT2D eigenvalue weighted by atomic mass is 9.94. The van der Waals surface area contributed by atoms with Gasteiger partial charge in [-0.3, -0.25) is 0 Å². The minimum absolute atomic E-state index is 0.793. The zero-order valence-corrected chi connectivity index (χ0v) is 6.88. The molecule has 0 saturated carbocycles. The molecule has 2 nitrogen and oxygen atoms in total. The van der Waals surface area contributed by atoms with Crippen LogP contribution in [0.15, 0.2) is 24.3 Å². The van der Waals surface area contributed by atoms with Crippen LogP contribution in [0.1, 0.15) is 17.5 Å². The van der Waals surface area contributed by atoms with Crippen LogP contribution in [-0.4, -0.2) is 0 Å². The first-order valence-corrected chi connectivity index (χ1v) is 4.12. The van der Waals surface area contributed by atoms with Crippen LogP contribution in [0.2, 0.25) is 0 Å². The first kappa shape index (κ1) is 7.22. The monoisotopic (exact) mass is 160 g/mol. The Hall–Kier alpha value is -1.44. The van der Waals surface area contributed by atoms with E-state index in [4.69, 9.17) is 11.5 Å². The molecule has 2 heteroatoms. The second-order valence-corrected chi connectivity index (χ2v) is 3.08. The van der Waals surface area contributed by atoms with Crippen molar-refractivity contribution in [3.8, 4) is 0 Å². The van der Waals surface area contributed by atoms with E-state index in [0.717, 1.165) is 29.8 Å². The fourth-order valence-corrected chi connectivity index (χ4v) is 1.67. The van der Waals surface area contributed by atoms with E-state index in [0.29, 0.717) is 0 Å². The molecule has 0 aromatic heterocycles. The highest BCUT2D eigenvalue weighted by atomic mass is 14.6. The summed E-state index contributed by atoms with van der Waals surface area (Å²) in [4.78, 5) is 0. The van der Waals surface area contributed by atoms with Gasteiger partial charge in [0.25, 0.3) is 0 Å². The quantitative estimate of drug-likeness (QED) is 0.565. The smallest absolute Gasteiger partial charge is 0.0411 e. The van der Waals surface area contributed by atoms with Crippen LogP contribution >= 0.6 is 0 Å². The second kappa shape index (κ2) is 2.55. The fraction of sp³-hybridized carbons (Fsp3) is 0.200. The van der Waals surface area contributed by atoms with E-state index >= 15 is 0 Å². The number of nitrogens with two attached hydrogens (primary N) is 2. The molecule has 12 heavy (non-hydrogen) atoms. The Morgan fingerprint density at radius 2 is 2.00 bits per heavy atom. The summed E-state index contributed by atoms with van der Waals surface area (Å²) in [5.74, 6) is 0. The molecule has 0 atom stereocenters. The number of fused-ring (bicyclic) bond motifs is 1. The Morgan fingerprint density at radius 1 is 1.17 bits per heavy atom. The van der Waals surface area contributed by atoms with Crippen LogP contribution in [0.4, 0.5) is 5.69 Å². The number of allylic oxidation sites excluding steroid dienone is 1. The molecule has 0 amide bonds. The van der Waals surface area contributed by atoms with Crippen molar-refractivity contribution in [1.82, 2.24) is 0 Å². The van der Waals surface area contributed by atoms with E-state index in [2.05, 4.69) is 6.07 Å². The van der Waals surface area contributed by atoms with Gasteiger partial charge in [-0.2, -0.15) is 0 Å². The van der Waals surface area contributed by atoms with E-state index in [1.165, 1.54) is 5.56 Å². The highest BCUT2D eigenvalue weighted by Crippen LogP contribution is 2.27. The summed E-state index contributed by atoms with van der Waals surface area (Å²) in [6.45, 7) is 0. The number of anilines is 1. The molecule has 0 bridgehead atoms. The molecule has 0 aliphatic heterocycles. The van der Waals surface area contributed by atoms with Gasteiger partial charge in [-0.15, -0.1) is 0 Å². The third-order valence-electron chi connectivity index (χ3n) is 2.25. The second-order valence-electron chi connectivity index (χ2n) is 3.08. The van der Waals surface area contributed by atoms with Crippen LogP contribution in [0.3, 0.4) is 0 Å². The van der Waals surface area contributed by atoms with Gasteiger partial charge >= 0.3 is 0 Å². The van der Waals surface area contributed by atoms with Crippen molar-refractivity contribution >= 4 is 11.4 Å².